The van der Waals surface area contributed by atoms with Gasteiger partial charge in [-0.3, -0.25) is 0 Å². The van der Waals surface area contributed by atoms with Crippen LogP contribution in [0.1, 0.15) is 12.8 Å². The van der Waals surface area contributed by atoms with E-state index in [0.717, 1.165) is 31.6 Å². The third kappa shape index (κ3) is 2.99. The van der Waals surface area contributed by atoms with Gasteiger partial charge >= 0.3 is 6.09 Å². The number of hydrogen-bond acceptors (Lipinski definition) is 4. The average Bonchev–Trinajstić information content (AvgIpc) is 2.29. The van der Waals surface area contributed by atoms with E-state index < -0.39 is 6.09 Å². The van der Waals surface area contributed by atoms with Gasteiger partial charge in [-0.1, -0.05) is 0 Å². The van der Waals surface area contributed by atoms with Gasteiger partial charge < -0.3 is 21.1 Å². The number of carboxylic acid groups (broad SMARTS) is 1. The zero-order chi connectivity index (χ0) is 12.3. The summed E-state index contributed by atoms with van der Waals surface area (Å²) in [4.78, 5) is 16.7. The molecule has 1 fully saturated rings. The molecule has 2 rings (SSSR count). The first-order chi connectivity index (χ1) is 8.15. The molecule has 1 aliphatic rings. The number of piperidine rings is 1. The van der Waals surface area contributed by atoms with Gasteiger partial charge in [-0.05, 0) is 18.9 Å². The van der Waals surface area contributed by atoms with Crippen molar-refractivity contribution in [3.8, 4) is 0 Å². The molecule has 1 aromatic heterocycles. The van der Waals surface area contributed by atoms with E-state index in [-0.39, 0.29) is 6.04 Å². The molecule has 1 aromatic rings. The molecule has 1 saturated heterocycles. The fraction of sp³-hybridized carbons (Fsp3) is 0.455. The van der Waals surface area contributed by atoms with Crippen LogP contribution in [0.2, 0.25) is 0 Å². The fourth-order valence-electron chi connectivity index (χ4n) is 2.09. The van der Waals surface area contributed by atoms with Crippen molar-refractivity contribution in [2.24, 2.45) is 0 Å². The van der Waals surface area contributed by atoms with Crippen LogP contribution in [-0.2, 0) is 0 Å². The molecule has 0 atom stereocenters. The minimum atomic E-state index is -0.948. The smallest absolute Gasteiger partial charge is 0.404 e. The van der Waals surface area contributed by atoms with Gasteiger partial charge in [0.25, 0.3) is 0 Å². The van der Waals surface area contributed by atoms with Crippen LogP contribution in [0.25, 0.3) is 0 Å². The Bertz CT molecular complexity index is 402. The van der Waals surface area contributed by atoms with Gasteiger partial charge in [-0.15, -0.1) is 0 Å². The van der Waals surface area contributed by atoms with Gasteiger partial charge in [0.1, 0.15) is 5.82 Å². The highest BCUT2D eigenvalue weighted by molar-refractivity contribution is 5.65. The van der Waals surface area contributed by atoms with Crippen molar-refractivity contribution in [3.05, 3.63) is 18.3 Å². The van der Waals surface area contributed by atoms with Gasteiger partial charge in [0, 0.05) is 37.1 Å². The lowest BCUT2D eigenvalue weighted by atomic mass is 10.0. The molecule has 1 aliphatic heterocycles. The monoisotopic (exact) mass is 236 g/mol. The number of anilines is 2. The SMILES string of the molecule is Nc1cc(N2CCC(NC(=O)O)CC2)ccn1. The molecule has 0 aliphatic carbocycles. The Morgan fingerprint density at radius 2 is 2.24 bits per heavy atom. The number of aromatic nitrogens is 1. The molecule has 2 heterocycles. The summed E-state index contributed by atoms with van der Waals surface area (Å²) in [5, 5.41) is 11.2. The van der Waals surface area contributed by atoms with E-state index >= 15 is 0 Å². The molecule has 0 spiro atoms. The maximum Gasteiger partial charge on any atom is 0.404 e. The Morgan fingerprint density at radius 3 is 2.82 bits per heavy atom. The van der Waals surface area contributed by atoms with E-state index in [4.69, 9.17) is 10.8 Å². The van der Waals surface area contributed by atoms with E-state index in [1.54, 1.807) is 6.20 Å². The molecule has 6 heteroatoms. The molecule has 0 saturated carbocycles. The minimum Gasteiger partial charge on any atom is -0.465 e. The number of amides is 1. The second-order valence-corrected chi connectivity index (χ2v) is 4.15. The van der Waals surface area contributed by atoms with Crippen molar-refractivity contribution in [2.75, 3.05) is 23.7 Å². The van der Waals surface area contributed by atoms with Crippen molar-refractivity contribution in [1.29, 1.82) is 0 Å². The number of hydrogen-bond donors (Lipinski definition) is 3. The Morgan fingerprint density at radius 1 is 1.53 bits per heavy atom. The number of carbonyl (C=O) groups is 1. The standard InChI is InChI=1S/C11H16N4O2/c12-10-7-9(1-4-13-10)15-5-2-8(3-6-15)14-11(16)17/h1,4,7-8,14H,2-3,5-6H2,(H2,12,13)(H,16,17). The quantitative estimate of drug-likeness (QED) is 0.709. The molecule has 0 radical (unpaired) electrons. The Labute approximate surface area is 99.4 Å². The average molecular weight is 236 g/mol. The van der Waals surface area contributed by atoms with Crippen molar-refractivity contribution in [1.82, 2.24) is 10.3 Å². The molecule has 4 N–H and O–H groups in total. The Kier molecular flexibility index (Phi) is 3.32. The van der Waals surface area contributed by atoms with E-state index in [2.05, 4.69) is 15.2 Å². The lowest BCUT2D eigenvalue weighted by molar-refractivity contribution is 0.187. The summed E-state index contributed by atoms with van der Waals surface area (Å²) in [5.41, 5.74) is 6.68. The first kappa shape index (κ1) is 11.5. The molecule has 0 aromatic carbocycles. The highest BCUT2D eigenvalue weighted by Crippen LogP contribution is 2.20. The highest BCUT2D eigenvalue weighted by Gasteiger charge is 2.20. The largest absolute Gasteiger partial charge is 0.465 e. The van der Waals surface area contributed by atoms with Crippen LogP contribution in [0.4, 0.5) is 16.3 Å². The van der Waals surface area contributed by atoms with Crippen molar-refractivity contribution >= 4 is 17.6 Å². The Hall–Kier alpha value is -1.98. The van der Waals surface area contributed by atoms with Crippen LogP contribution in [0.5, 0.6) is 0 Å². The number of nitrogen functional groups attached to an aromatic ring is 1. The normalized spacial score (nSPS) is 16.8. The van der Waals surface area contributed by atoms with Crippen LogP contribution in [0.3, 0.4) is 0 Å². The van der Waals surface area contributed by atoms with E-state index in [1.165, 1.54) is 0 Å². The van der Waals surface area contributed by atoms with Gasteiger partial charge in [-0.25, -0.2) is 9.78 Å². The van der Waals surface area contributed by atoms with E-state index in [1.807, 2.05) is 12.1 Å². The first-order valence-electron chi connectivity index (χ1n) is 5.61. The van der Waals surface area contributed by atoms with Crippen molar-refractivity contribution in [2.45, 2.75) is 18.9 Å². The zero-order valence-corrected chi connectivity index (χ0v) is 9.47. The van der Waals surface area contributed by atoms with Crippen molar-refractivity contribution < 1.29 is 9.90 Å². The second-order valence-electron chi connectivity index (χ2n) is 4.15. The third-order valence-corrected chi connectivity index (χ3v) is 2.95. The number of nitrogens with one attached hydrogen (secondary N) is 1. The number of pyridine rings is 1. The summed E-state index contributed by atoms with van der Waals surface area (Å²) in [7, 11) is 0. The van der Waals surface area contributed by atoms with Crippen LogP contribution < -0.4 is 16.0 Å². The summed E-state index contributed by atoms with van der Waals surface area (Å²) in [6.07, 6.45) is 2.37. The summed E-state index contributed by atoms with van der Waals surface area (Å²) < 4.78 is 0. The summed E-state index contributed by atoms with van der Waals surface area (Å²) >= 11 is 0. The van der Waals surface area contributed by atoms with Crippen molar-refractivity contribution in [3.63, 3.8) is 0 Å². The molecule has 17 heavy (non-hydrogen) atoms. The Balaban J connectivity index is 1.93. The zero-order valence-electron chi connectivity index (χ0n) is 9.47. The maximum atomic E-state index is 10.5. The molecule has 0 bridgehead atoms. The highest BCUT2D eigenvalue weighted by atomic mass is 16.4. The lowest BCUT2D eigenvalue weighted by Crippen LogP contribution is -2.44. The molecular weight excluding hydrogens is 220 g/mol. The van der Waals surface area contributed by atoms with Crippen LogP contribution in [0.15, 0.2) is 18.3 Å². The summed E-state index contributed by atoms with van der Waals surface area (Å²) in [6.45, 7) is 1.66. The van der Waals surface area contributed by atoms with Gasteiger partial charge in [-0.2, -0.15) is 0 Å². The van der Waals surface area contributed by atoms with Crippen LogP contribution in [-0.4, -0.2) is 35.3 Å². The molecule has 1 amide bonds. The van der Waals surface area contributed by atoms with Gasteiger partial charge in [0.15, 0.2) is 0 Å². The maximum absolute atomic E-state index is 10.5. The lowest BCUT2D eigenvalue weighted by Gasteiger charge is -2.33. The molecule has 92 valence electrons. The molecule has 6 nitrogen and oxygen atoms in total. The molecule has 0 unspecified atom stereocenters. The van der Waals surface area contributed by atoms with Crippen LogP contribution >= 0.6 is 0 Å². The van der Waals surface area contributed by atoms with Crippen LogP contribution in [0, 0.1) is 0 Å². The van der Waals surface area contributed by atoms with E-state index in [0.29, 0.717) is 5.82 Å². The summed E-state index contributed by atoms with van der Waals surface area (Å²) in [6, 6.07) is 3.81. The molecular formula is C11H16N4O2. The fourth-order valence-corrected chi connectivity index (χ4v) is 2.09. The number of nitrogens with two attached hydrogens (primary N) is 1. The summed E-state index contributed by atoms with van der Waals surface area (Å²) in [5.74, 6) is 0.508. The first-order valence-corrected chi connectivity index (χ1v) is 5.61. The predicted molar refractivity (Wildman–Crippen MR) is 65.0 cm³/mol. The second kappa shape index (κ2) is 4.90. The topological polar surface area (TPSA) is 91.5 Å². The third-order valence-electron chi connectivity index (χ3n) is 2.95. The predicted octanol–water partition coefficient (Wildman–Crippen LogP) is 0.900. The van der Waals surface area contributed by atoms with E-state index in [9.17, 15) is 4.79 Å². The number of rotatable bonds is 2. The van der Waals surface area contributed by atoms with Gasteiger partial charge in [0.2, 0.25) is 0 Å². The number of nitrogens with zero attached hydrogens (tertiary/aromatic N) is 2. The minimum absolute atomic E-state index is 0.0583. The van der Waals surface area contributed by atoms with Gasteiger partial charge in [0.05, 0.1) is 0 Å².